The summed E-state index contributed by atoms with van der Waals surface area (Å²) in [5.74, 6) is 0. The van der Waals surface area contributed by atoms with E-state index in [1.54, 1.807) is 6.08 Å². The van der Waals surface area contributed by atoms with Gasteiger partial charge in [0.15, 0.2) is 6.23 Å². The standard InChI is InChI=1S/C5H10NO/c1-2-3-4-5(6)7/h2-3,7H,4,6H2,1H3/b3-2+. The lowest BCUT2D eigenvalue weighted by Crippen LogP contribution is -2.05. The Hall–Kier alpha value is -0.340. The molecule has 0 aliphatic rings. The van der Waals surface area contributed by atoms with Gasteiger partial charge < -0.3 is 5.11 Å². The van der Waals surface area contributed by atoms with Gasteiger partial charge in [0, 0.05) is 6.42 Å². The first kappa shape index (κ1) is 6.66. The number of aliphatic hydroxyl groups is 1. The minimum atomic E-state index is -0.0295. The summed E-state index contributed by atoms with van der Waals surface area (Å²) in [4.78, 5) is 0. The highest BCUT2D eigenvalue weighted by Crippen LogP contribution is 1.90. The molecule has 0 spiro atoms. The smallest absolute Gasteiger partial charge is 0.159 e. The molecule has 0 aromatic rings. The third-order valence-electron chi connectivity index (χ3n) is 0.563. The maximum Gasteiger partial charge on any atom is 0.159 e. The largest absolute Gasteiger partial charge is 0.371 e. The minimum absolute atomic E-state index is 0.0295. The van der Waals surface area contributed by atoms with Gasteiger partial charge >= 0.3 is 0 Å². The highest BCUT2D eigenvalue weighted by molar-refractivity contribution is 4.84. The molecule has 0 aliphatic heterocycles. The zero-order chi connectivity index (χ0) is 5.70. The van der Waals surface area contributed by atoms with E-state index < -0.39 is 0 Å². The van der Waals surface area contributed by atoms with Crippen molar-refractivity contribution in [1.29, 1.82) is 0 Å². The van der Waals surface area contributed by atoms with Crippen molar-refractivity contribution in [1.82, 2.24) is 0 Å². The summed E-state index contributed by atoms with van der Waals surface area (Å²) in [6.07, 6.45) is 4.06. The summed E-state index contributed by atoms with van der Waals surface area (Å²) in [6, 6.07) is 0. The van der Waals surface area contributed by atoms with Crippen LogP contribution in [-0.4, -0.2) is 5.11 Å². The molecular weight excluding hydrogens is 90.1 g/mol. The fourth-order valence-electron chi connectivity index (χ4n) is 0.239. The lowest BCUT2D eigenvalue weighted by Gasteiger charge is -1.92. The molecule has 0 rings (SSSR count). The Morgan fingerprint density at radius 1 is 1.86 bits per heavy atom. The maximum atomic E-state index is 8.33. The predicted octanol–water partition coefficient (Wildman–Crippen LogP) is 0.773. The van der Waals surface area contributed by atoms with Gasteiger partial charge in [-0.25, -0.2) is 0 Å². The van der Waals surface area contributed by atoms with E-state index in [1.807, 2.05) is 13.0 Å². The van der Waals surface area contributed by atoms with Gasteiger partial charge in [0.05, 0.1) is 0 Å². The SMILES string of the molecule is C/C=C/C[C](N)O. The number of hydrogen-bond acceptors (Lipinski definition) is 2. The monoisotopic (exact) mass is 100 g/mol. The van der Waals surface area contributed by atoms with Gasteiger partial charge in [-0.1, -0.05) is 12.2 Å². The average molecular weight is 100 g/mol. The predicted molar refractivity (Wildman–Crippen MR) is 28.8 cm³/mol. The summed E-state index contributed by atoms with van der Waals surface area (Å²) < 4.78 is 0. The molecule has 0 aromatic heterocycles. The fourth-order valence-corrected chi connectivity index (χ4v) is 0.239. The number of nitrogens with two attached hydrogens (primary N) is 1. The van der Waals surface area contributed by atoms with Crippen molar-refractivity contribution >= 4 is 0 Å². The summed E-state index contributed by atoms with van der Waals surface area (Å²) in [5.41, 5.74) is 4.90. The van der Waals surface area contributed by atoms with Gasteiger partial charge in [-0.3, -0.25) is 5.73 Å². The molecule has 0 unspecified atom stereocenters. The second-order valence-electron chi connectivity index (χ2n) is 1.26. The van der Waals surface area contributed by atoms with Crippen LogP contribution in [0.25, 0.3) is 0 Å². The Morgan fingerprint density at radius 2 is 2.43 bits per heavy atom. The highest BCUT2D eigenvalue weighted by atomic mass is 16.3. The lowest BCUT2D eigenvalue weighted by molar-refractivity contribution is 0.299. The van der Waals surface area contributed by atoms with Crippen LogP contribution >= 0.6 is 0 Å². The molecule has 0 aliphatic carbocycles. The first-order valence-electron chi connectivity index (χ1n) is 2.18. The van der Waals surface area contributed by atoms with Crippen LogP contribution in [0.4, 0.5) is 0 Å². The third-order valence-corrected chi connectivity index (χ3v) is 0.563. The summed E-state index contributed by atoms with van der Waals surface area (Å²) in [5, 5.41) is 8.33. The lowest BCUT2D eigenvalue weighted by atomic mass is 10.3. The van der Waals surface area contributed by atoms with E-state index in [0.29, 0.717) is 6.42 Å². The average Bonchev–Trinajstić information content (AvgIpc) is 1.61. The van der Waals surface area contributed by atoms with Crippen LogP contribution in [0.15, 0.2) is 12.2 Å². The zero-order valence-corrected chi connectivity index (χ0v) is 4.39. The van der Waals surface area contributed by atoms with Gasteiger partial charge in [-0.15, -0.1) is 0 Å². The number of allylic oxidation sites excluding steroid dienone is 1. The normalized spacial score (nSPS) is 11.4. The molecule has 0 heterocycles. The van der Waals surface area contributed by atoms with Crippen molar-refractivity contribution < 1.29 is 5.11 Å². The van der Waals surface area contributed by atoms with Crippen molar-refractivity contribution in [3.63, 3.8) is 0 Å². The molecule has 2 nitrogen and oxygen atoms in total. The third kappa shape index (κ3) is 5.66. The van der Waals surface area contributed by atoms with Crippen molar-refractivity contribution in [3.8, 4) is 0 Å². The molecule has 2 heteroatoms. The van der Waals surface area contributed by atoms with Gasteiger partial charge in [-0.05, 0) is 6.92 Å². The first-order valence-corrected chi connectivity index (χ1v) is 2.18. The molecule has 0 fully saturated rings. The van der Waals surface area contributed by atoms with Gasteiger partial charge in [0.1, 0.15) is 0 Å². The van der Waals surface area contributed by atoms with E-state index in [1.165, 1.54) is 0 Å². The van der Waals surface area contributed by atoms with Crippen LogP contribution in [-0.2, 0) is 0 Å². The number of hydrogen-bond donors (Lipinski definition) is 2. The van der Waals surface area contributed by atoms with E-state index >= 15 is 0 Å². The Balaban J connectivity index is 2.97. The molecule has 0 bridgehead atoms. The molecule has 7 heavy (non-hydrogen) atoms. The van der Waals surface area contributed by atoms with E-state index in [4.69, 9.17) is 10.8 Å². The topological polar surface area (TPSA) is 46.2 Å². The Kier molecular flexibility index (Phi) is 3.65. The van der Waals surface area contributed by atoms with Gasteiger partial charge in [0.25, 0.3) is 0 Å². The van der Waals surface area contributed by atoms with Crippen molar-refractivity contribution in [2.24, 2.45) is 5.73 Å². The van der Waals surface area contributed by atoms with E-state index in [2.05, 4.69) is 0 Å². The quantitative estimate of drug-likeness (QED) is 0.503. The Labute approximate surface area is 43.6 Å². The van der Waals surface area contributed by atoms with Gasteiger partial charge in [-0.2, -0.15) is 0 Å². The van der Waals surface area contributed by atoms with Crippen LogP contribution in [0.1, 0.15) is 13.3 Å². The molecule has 0 aromatic carbocycles. The van der Waals surface area contributed by atoms with E-state index in [9.17, 15) is 0 Å². The molecule has 3 N–H and O–H groups in total. The summed E-state index contributed by atoms with van der Waals surface area (Å²) in [6.45, 7) is 1.88. The van der Waals surface area contributed by atoms with E-state index in [0.717, 1.165) is 0 Å². The highest BCUT2D eigenvalue weighted by Gasteiger charge is 1.87. The molecule has 0 saturated heterocycles. The maximum absolute atomic E-state index is 8.33. The van der Waals surface area contributed by atoms with Crippen LogP contribution in [0.5, 0.6) is 0 Å². The van der Waals surface area contributed by atoms with Crippen LogP contribution in [0.2, 0.25) is 0 Å². The molecule has 0 amide bonds. The van der Waals surface area contributed by atoms with Crippen LogP contribution in [0, 0.1) is 6.23 Å². The molecule has 1 radical (unpaired) electrons. The van der Waals surface area contributed by atoms with Crippen LogP contribution < -0.4 is 5.73 Å². The number of aliphatic hydroxyl groups excluding tert-OH is 1. The second kappa shape index (κ2) is 3.84. The first-order chi connectivity index (χ1) is 3.27. The molecule has 41 valence electrons. The van der Waals surface area contributed by atoms with Crippen molar-refractivity contribution in [2.45, 2.75) is 13.3 Å². The summed E-state index contributed by atoms with van der Waals surface area (Å²) in [7, 11) is 0. The summed E-state index contributed by atoms with van der Waals surface area (Å²) >= 11 is 0. The molecule has 0 saturated carbocycles. The van der Waals surface area contributed by atoms with E-state index in [-0.39, 0.29) is 6.23 Å². The second-order valence-corrected chi connectivity index (χ2v) is 1.26. The van der Waals surface area contributed by atoms with Crippen LogP contribution in [0.3, 0.4) is 0 Å². The van der Waals surface area contributed by atoms with Gasteiger partial charge in [0.2, 0.25) is 0 Å². The fraction of sp³-hybridized carbons (Fsp3) is 0.400. The Morgan fingerprint density at radius 3 is 2.57 bits per heavy atom. The molecule has 0 atom stereocenters. The Bertz CT molecular complexity index is 59.1. The number of rotatable bonds is 2. The molecular formula is C5H10NO. The van der Waals surface area contributed by atoms with Crippen molar-refractivity contribution in [3.05, 3.63) is 18.4 Å². The zero-order valence-electron chi connectivity index (χ0n) is 4.39. The van der Waals surface area contributed by atoms with Crippen molar-refractivity contribution in [2.75, 3.05) is 0 Å². The minimum Gasteiger partial charge on any atom is -0.371 e.